The first-order valence-electron chi connectivity index (χ1n) is 6.87. The third-order valence-corrected chi connectivity index (χ3v) is 4.11. The number of methoxy groups -OCH3 is 1. The van der Waals surface area contributed by atoms with Gasteiger partial charge in [0.1, 0.15) is 5.75 Å². The molecule has 0 spiro atoms. The van der Waals surface area contributed by atoms with E-state index in [0.29, 0.717) is 5.75 Å². The van der Waals surface area contributed by atoms with E-state index in [1.807, 2.05) is 17.4 Å². The van der Waals surface area contributed by atoms with Crippen molar-refractivity contribution in [3.8, 4) is 5.75 Å². The van der Waals surface area contributed by atoms with Crippen LogP contribution in [0.25, 0.3) is 0 Å². The number of amides is 1. The van der Waals surface area contributed by atoms with E-state index in [1.165, 1.54) is 0 Å². The molecule has 116 valence electrons. The van der Waals surface area contributed by atoms with Crippen LogP contribution < -0.4 is 10.1 Å². The molecular weight excluding hydrogens is 283 g/mol. The number of carbonyl (C=O) groups is 1. The summed E-state index contributed by atoms with van der Waals surface area (Å²) in [6, 6.07) is 7.32. The minimum atomic E-state index is -4.83. The molecule has 1 aliphatic carbocycles. The van der Waals surface area contributed by atoms with Gasteiger partial charge in [0.25, 0.3) is 0 Å². The summed E-state index contributed by atoms with van der Waals surface area (Å²) < 4.78 is 42.1. The van der Waals surface area contributed by atoms with Crippen LogP contribution in [0.5, 0.6) is 5.75 Å². The Bertz CT molecular complexity index is 491. The minimum Gasteiger partial charge on any atom is -0.497 e. The lowest BCUT2D eigenvalue weighted by Crippen LogP contribution is -2.44. The van der Waals surface area contributed by atoms with E-state index in [4.69, 9.17) is 4.74 Å². The second-order valence-electron chi connectivity index (χ2n) is 5.40. The van der Waals surface area contributed by atoms with E-state index < -0.39 is 17.5 Å². The number of hydrogen-bond donors (Lipinski definition) is 1. The molecule has 0 aromatic heterocycles. The standard InChI is InChI=1S/C15H18F3NO2/c1-21-12-6-4-11(5-7-12)14(8-2-3-9-14)10-19-13(20)15(16,17)18/h4-7H,2-3,8-10H2,1H3,(H,19,20). The normalized spacial score (nSPS) is 17.5. The SMILES string of the molecule is COc1ccc(C2(CNC(=O)C(F)(F)F)CCCC2)cc1. The zero-order chi connectivity index (χ0) is 15.5. The Morgan fingerprint density at radius 3 is 2.29 bits per heavy atom. The second kappa shape index (κ2) is 5.95. The van der Waals surface area contributed by atoms with Crippen LogP contribution in [0.2, 0.25) is 0 Å². The lowest BCUT2D eigenvalue weighted by molar-refractivity contribution is -0.173. The maximum atomic E-state index is 12.3. The van der Waals surface area contributed by atoms with E-state index in [1.54, 1.807) is 19.2 Å². The van der Waals surface area contributed by atoms with Crippen LogP contribution in [0, 0.1) is 0 Å². The first-order valence-corrected chi connectivity index (χ1v) is 6.87. The first-order chi connectivity index (χ1) is 9.87. The predicted molar refractivity (Wildman–Crippen MR) is 72.2 cm³/mol. The topological polar surface area (TPSA) is 38.3 Å². The average Bonchev–Trinajstić information content (AvgIpc) is 2.94. The third-order valence-electron chi connectivity index (χ3n) is 4.11. The molecule has 1 amide bonds. The molecule has 0 aliphatic heterocycles. The maximum Gasteiger partial charge on any atom is 0.471 e. The molecule has 0 bridgehead atoms. The monoisotopic (exact) mass is 301 g/mol. The van der Waals surface area contributed by atoms with E-state index >= 15 is 0 Å². The van der Waals surface area contributed by atoms with Crippen LogP contribution >= 0.6 is 0 Å². The maximum absolute atomic E-state index is 12.3. The number of nitrogens with one attached hydrogen (secondary N) is 1. The van der Waals surface area contributed by atoms with Gasteiger partial charge in [-0.25, -0.2) is 0 Å². The fourth-order valence-electron chi connectivity index (χ4n) is 2.91. The minimum absolute atomic E-state index is 0.0116. The number of benzene rings is 1. The van der Waals surface area contributed by atoms with Crippen molar-refractivity contribution in [1.29, 1.82) is 0 Å². The predicted octanol–water partition coefficient (Wildman–Crippen LogP) is 3.19. The highest BCUT2D eigenvalue weighted by Gasteiger charge is 2.42. The number of hydrogen-bond acceptors (Lipinski definition) is 2. The molecule has 0 atom stereocenters. The fourth-order valence-corrected chi connectivity index (χ4v) is 2.91. The lowest BCUT2D eigenvalue weighted by Gasteiger charge is -2.30. The molecule has 3 nitrogen and oxygen atoms in total. The van der Waals surface area contributed by atoms with Crippen molar-refractivity contribution in [2.24, 2.45) is 0 Å². The summed E-state index contributed by atoms with van der Waals surface area (Å²) in [4.78, 5) is 11.0. The van der Waals surface area contributed by atoms with E-state index in [-0.39, 0.29) is 6.54 Å². The summed E-state index contributed by atoms with van der Waals surface area (Å²) in [5, 5.41) is 2.04. The van der Waals surface area contributed by atoms with Gasteiger partial charge in [-0.2, -0.15) is 13.2 Å². The molecule has 1 saturated carbocycles. The molecule has 0 radical (unpaired) electrons. The highest BCUT2D eigenvalue weighted by Crippen LogP contribution is 2.41. The van der Waals surface area contributed by atoms with E-state index in [0.717, 1.165) is 31.2 Å². The van der Waals surface area contributed by atoms with Crippen LogP contribution in [0.15, 0.2) is 24.3 Å². The Balaban J connectivity index is 2.14. The van der Waals surface area contributed by atoms with Gasteiger partial charge in [-0.3, -0.25) is 4.79 Å². The van der Waals surface area contributed by atoms with Crippen molar-refractivity contribution in [3.05, 3.63) is 29.8 Å². The Morgan fingerprint density at radius 2 is 1.81 bits per heavy atom. The van der Waals surface area contributed by atoms with Gasteiger partial charge < -0.3 is 10.1 Å². The van der Waals surface area contributed by atoms with Gasteiger partial charge in [0.05, 0.1) is 7.11 Å². The highest BCUT2D eigenvalue weighted by molar-refractivity contribution is 5.81. The van der Waals surface area contributed by atoms with Crippen molar-refractivity contribution >= 4 is 5.91 Å². The lowest BCUT2D eigenvalue weighted by atomic mass is 9.78. The first kappa shape index (κ1) is 15.7. The summed E-state index contributed by atoms with van der Waals surface area (Å²) in [6.45, 7) is 0.0116. The highest BCUT2D eigenvalue weighted by atomic mass is 19.4. The smallest absolute Gasteiger partial charge is 0.471 e. The van der Waals surface area contributed by atoms with Gasteiger partial charge in [0.2, 0.25) is 0 Å². The fraction of sp³-hybridized carbons (Fsp3) is 0.533. The van der Waals surface area contributed by atoms with Gasteiger partial charge >= 0.3 is 12.1 Å². The molecule has 0 unspecified atom stereocenters. The molecule has 0 saturated heterocycles. The van der Waals surface area contributed by atoms with Crippen LogP contribution in [-0.2, 0) is 10.2 Å². The van der Waals surface area contributed by atoms with Gasteiger partial charge in [-0.05, 0) is 30.5 Å². The van der Waals surface area contributed by atoms with Crippen LogP contribution in [0.3, 0.4) is 0 Å². The molecular formula is C15H18F3NO2. The van der Waals surface area contributed by atoms with Crippen molar-refractivity contribution in [1.82, 2.24) is 5.32 Å². The number of carbonyl (C=O) groups excluding carboxylic acids is 1. The van der Waals surface area contributed by atoms with E-state index in [2.05, 4.69) is 0 Å². The largest absolute Gasteiger partial charge is 0.497 e. The summed E-state index contributed by atoms with van der Waals surface area (Å²) in [5.41, 5.74) is 0.538. The summed E-state index contributed by atoms with van der Waals surface area (Å²) in [6.07, 6.45) is -1.38. The van der Waals surface area contributed by atoms with Gasteiger partial charge in [-0.1, -0.05) is 25.0 Å². The average molecular weight is 301 g/mol. The molecule has 1 aromatic rings. The summed E-state index contributed by atoms with van der Waals surface area (Å²) >= 11 is 0. The molecule has 2 rings (SSSR count). The molecule has 21 heavy (non-hydrogen) atoms. The van der Waals surface area contributed by atoms with Crippen molar-refractivity contribution in [3.63, 3.8) is 0 Å². The van der Waals surface area contributed by atoms with Gasteiger partial charge in [-0.15, -0.1) is 0 Å². The zero-order valence-corrected chi connectivity index (χ0v) is 11.8. The molecule has 1 aromatic carbocycles. The Hall–Kier alpha value is -1.72. The quantitative estimate of drug-likeness (QED) is 0.927. The van der Waals surface area contributed by atoms with Crippen LogP contribution in [0.1, 0.15) is 31.2 Å². The molecule has 1 fully saturated rings. The zero-order valence-electron chi connectivity index (χ0n) is 11.8. The Morgan fingerprint density at radius 1 is 1.24 bits per heavy atom. The molecule has 1 aliphatic rings. The van der Waals surface area contributed by atoms with Gasteiger partial charge in [0.15, 0.2) is 0 Å². The third kappa shape index (κ3) is 3.49. The summed E-state index contributed by atoms with van der Waals surface area (Å²) in [7, 11) is 1.56. The molecule has 1 N–H and O–H groups in total. The van der Waals surface area contributed by atoms with Crippen LogP contribution in [-0.4, -0.2) is 25.7 Å². The Kier molecular flexibility index (Phi) is 4.44. The number of alkyl halides is 3. The van der Waals surface area contributed by atoms with E-state index in [9.17, 15) is 18.0 Å². The number of halogens is 3. The number of rotatable bonds is 4. The van der Waals surface area contributed by atoms with Crippen LogP contribution in [0.4, 0.5) is 13.2 Å². The van der Waals surface area contributed by atoms with Crippen molar-refractivity contribution in [2.75, 3.05) is 13.7 Å². The molecule has 6 heteroatoms. The van der Waals surface area contributed by atoms with Crippen molar-refractivity contribution < 1.29 is 22.7 Å². The second-order valence-corrected chi connectivity index (χ2v) is 5.40. The van der Waals surface area contributed by atoms with Gasteiger partial charge in [0, 0.05) is 12.0 Å². The molecule has 0 heterocycles. The summed E-state index contributed by atoms with van der Waals surface area (Å²) in [5.74, 6) is -1.17. The Labute approximate surface area is 121 Å². The van der Waals surface area contributed by atoms with Crippen molar-refractivity contribution in [2.45, 2.75) is 37.3 Å². The number of ether oxygens (including phenoxy) is 1.